The summed E-state index contributed by atoms with van der Waals surface area (Å²) in [5, 5.41) is 10.5. The lowest BCUT2D eigenvalue weighted by molar-refractivity contribution is 0.0164. The van der Waals surface area contributed by atoms with Crippen LogP contribution in [0.2, 0.25) is 0 Å². The van der Waals surface area contributed by atoms with Gasteiger partial charge >= 0.3 is 0 Å². The standard InChI is InChI=1S/C26H27N3O2S/c1-17(2)31-24-9-6-18(14-19(24)15-27)26-28-16-25(32-26)22-5-3-4-21-20(22)7-8-23(21)29-10-12-30-13-11-29/h3-6,9,14,16-17,23H,7-8,10-13H2,1-2H3/t23-/m1/s1. The van der Waals surface area contributed by atoms with Crippen LogP contribution in [0, 0.1) is 11.3 Å². The minimum absolute atomic E-state index is 0.0286. The molecule has 0 saturated carbocycles. The number of nitrogens with zero attached hydrogens (tertiary/aromatic N) is 3. The summed E-state index contributed by atoms with van der Waals surface area (Å²) in [6.07, 6.45) is 4.27. The van der Waals surface area contributed by atoms with Gasteiger partial charge in [-0.3, -0.25) is 4.90 Å². The normalized spacial score (nSPS) is 18.5. The van der Waals surface area contributed by atoms with E-state index < -0.39 is 0 Å². The van der Waals surface area contributed by atoms with Crippen molar-refractivity contribution in [3.8, 4) is 32.8 Å². The van der Waals surface area contributed by atoms with Crippen molar-refractivity contribution in [2.45, 2.75) is 38.8 Å². The van der Waals surface area contributed by atoms with E-state index in [1.54, 1.807) is 11.3 Å². The van der Waals surface area contributed by atoms with Gasteiger partial charge in [-0.05, 0) is 61.6 Å². The molecule has 0 radical (unpaired) electrons. The van der Waals surface area contributed by atoms with Gasteiger partial charge in [0.25, 0.3) is 0 Å². The summed E-state index contributed by atoms with van der Waals surface area (Å²) >= 11 is 1.69. The van der Waals surface area contributed by atoms with Gasteiger partial charge in [-0.15, -0.1) is 11.3 Å². The molecule has 0 bridgehead atoms. The molecule has 6 heteroatoms. The van der Waals surface area contributed by atoms with E-state index in [-0.39, 0.29) is 6.10 Å². The number of nitriles is 1. The van der Waals surface area contributed by atoms with E-state index in [1.807, 2.05) is 38.2 Å². The van der Waals surface area contributed by atoms with Crippen LogP contribution in [0.15, 0.2) is 42.6 Å². The number of benzene rings is 2. The molecule has 2 aromatic carbocycles. The summed E-state index contributed by atoms with van der Waals surface area (Å²) < 4.78 is 11.3. The molecule has 5 rings (SSSR count). The number of fused-ring (bicyclic) bond motifs is 1. The second-order valence-electron chi connectivity index (χ2n) is 8.60. The molecule has 1 saturated heterocycles. The SMILES string of the molecule is CC(C)Oc1ccc(-c2ncc(-c3cccc4c3CC[C@H]4N3CCOCC3)s2)cc1C#N. The number of hydrogen-bond acceptors (Lipinski definition) is 6. The molecule has 5 nitrogen and oxygen atoms in total. The van der Waals surface area contributed by atoms with E-state index in [4.69, 9.17) is 14.5 Å². The third kappa shape index (κ3) is 4.04. The number of aromatic nitrogens is 1. The number of rotatable bonds is 5. The fourth-order valence-electron chi connectivity index (χ4n) is 4.77. The van der Waals surface area contributed by atoms with Crippen LogP contribution in [0.25, 0.3) is 21.0 Å². The molecule has 1 atom stereocenters. The zero-order valence-corrected chi connectivity index (χ0v) is 19.3. The Bertz CT molecular complexity index is 1160. The van der Waals surface area contributed by atoms with Gasteiger partial charge in [0, 0.05) is 30.9 Å². The number of ether oxygens (including phenoxy) is 2. The third-order valence-electron chi connectivity index (χ3n) is 6.21. The molecule has 164 valence electrons. The van der Waals surface area contributed by atoms with E-state index in [1.165, 1.54) is 28.0 Å². The predicted molar refractivity (Wildman–Crippen MR) is 127 cm³/mol. The van der Waals surface area contributed by atoms with Gasteiger partial charge in [0.15, 0.2) is 0 Å². The average molecular weight is 446 g/mol. The van der Waals surface area contributed by atoms with E-state index in [2.05, 4.69) is 29.2 Å². The minimum Gasteiger partial charge on any atom is -0.490 e. The lowest BCUT2D eigenvalue weighted by Crippen LogP contribution is -2.38. The predicted octanol–water partition coefficient (Wildman–Crippen LogP) is 5.46. The Kier molecular flexibility index (Phi) is 5.97. The van der Waals surface area contributed by atoms with Crippen molar-refractivity contribution in [2.75, 3.05) is 26.3 Å². The summed E-state index contributed by atoms with van der Waals surface area (Å²) in [7, 11) is 0. The van der Waals surface area contributed by atoms with Crippen LogP contribution in [0.1, 0.15) is 43.0 Å². The van der Waals surface area contributed by atoms with Crippen molar-refractivity contribution in [1.82, 2.24) is 9.88 Å². The van der Waals surface area contributed by atoms with Crippen LogP contribution in [0.5, 0.6) is 5.75 Å². The summed E-state index contributed by atoms with van der Waals surface area (Å²) in [5.41, 5.74) is 5.70. The van der Waals surface area contributed by atoms with Crippen molar-refractivity contribution in [3.05, 3.63) is 59.3 Å². The fraction of sp³-hybridized carbons (Fsp3) is 0.385. The Labute approximate surface area is 193 Å². The molecular weight excluding hydrogens is 418 g/mol. The summed E-state index contributed by atoms with van der Waals surface area (Å²) in [4.78, 5) is 8.46. The third-order valence-corrected chi connectivity index (χ3v) is 7.29. The van der Waals surface area contributed by atoms with Crippen molar-refractivity contribution >= 4 is 11.3 Å². The van der Waals surface area contributed by atoms with Gasteiger partial charge in [-0.2, -0.15) is 5.26 Å². The highest BCUT2D eigenvalue weighted by Gasteiger charge is 2.30. The molecule has 3 aromatic rings. The maximum atomic E-state index is 9.57. The molecule has 32 heavy (non-hydrogen) atoms. The number of thiazole rings is 1. The van der Waals surface area contributed by atoms with Gasteiger partial charge in [0.05, 0.1) is 29.8 Å². The Balaban J connectivity index is 1.44. The molecule has 0 unspecified atom stereocenters. The fourth-order valence-corrected chi connectivity index (χ4v) is 5.74. The number of morpholine rings is 1. The Morgan fingerprint density at radius 3 is 2.84 bits per heavy atom. The van der Waals surface area contributed by atoms with Crippen molar-refractivity contribution in [1.29, 1.82) is 5.26 Å². The lowest BCUT2D eigenvalue weighted by Gasteiger charge is -2.32. The van der Waals surface area contributed by atoms with Crippen LogP contribution in [-0.2, 0) is 11.2 Å². The zero-order chi connectivity index (χ0) is 22.1. The first kappa shape index (κ1) is 21.1. The molecule has 2 heterocycles. The van der Waals surface area contributed by atoms with Crippen LogP contribution in [0.3, 0.4) is 0 Å². The Morgan fingerprint density at radius 2 is 2.06 bits per heavy atom. The van der Waals surface area contributed by atoms with E-state index in [0.29, 0.717) is 17.4 Å². The van der Waals surface area contributed by atoms with Crippen molar-refractivity contribution in [2.24, 2.45) is 0 Å². The second-order valence-corrected chi connectivity index (χ2v) is 9.63. The monoisotopic (exact) mass is 445 g/mol. The average Bonchev–Trinajstić information content (AvgIpc) is 3.47. The molecule has 2 aliphatic rings. The smallest absolute Gasteiger partial charge is 0.137 e. The number of hydrogen-bond donors (Lipinski definition) is 0. The summed E-state index contributed by atoms with van der Waals surface area (Å²) in [6, 6.07) is 15.2. The first-order valence-corrected chi connectivity index (χ1v) is 12.1. The lowest BCUT2D eigenvalue weighted by atomic mass is 10.0. The van der Waals surface area contributed by atoms with Crippen molar-refractivity contribution in [3.63, 3.8) is 0 Å². The molecule has 1 aliphatic carbocycles. The van der Waals surface area contributed by atoms with Gasteiger partial charge < -0.3 is 9.47 Å². The first-order valence-electron chi connectivity index (χ1n) is 11.2. The molecule has 1 aromatic heterocycles. The maximum Gasteiger partial charge on any atom is 0.137 e. The van der Waals surface area contributed by atoms with Crippen LogP contribution in [-0.4, -0.2) is 42.3 Å². The van der Waals surface area contributed by atoms with Gasteiger partial charge in [0.1, 0.15) is 16.8 Å². The molecule has 0 spiro atoms. The quantitative estimate of drug-likeness (QED) is 0.522. The molecular formula is C26H27N3O2S. The molecule has 0 amide bonds. The Morgan fingerprint density at radius 1 is 1.22 bits per heavy atom. The van der Waals surface area contributed by atoms with Crippen LogP contribution < -0.4 is 4.74 Å². The molecule has 1 aliphatic heterocycles. The van der Waals surface area contributed by atoms with Crippen LogP contribution >= 0.6 is 11.3 Å². The van der Waals surface area contributed by atoms with E-state index in [0.717, 1.165) is 43.3 Å². The van der Waals surface area contributed by atoms with E-state index >= 15 is 0 Å². The van der Waals surface area contributed by atoms with Gasteiger partial charge in [0.2, 0.25) is 0 Å². The highest BCUT2D eigenvalue weighted by Crippen LogP contribution is 2.43. The molecule has 0 N–H and O–H groups in total. The molecule has 1 fully saturated rings. The second kappa shape index (κ2) is 9.03. The van der Waals surface area contributed by atoms with Crippen molar-refractivity contribution < 1.29 is 9.47 Å². The van der Waals surface area contributed by atoms with Gasteiger partial charge in [-0.25, -0.2) is 4.98 Å². The zero-order valence-electron chi connectivity index (χ0n) is 18.5. The minimum atomic E-state index is 0.0286. The van der Waals surface area contributed by atoms with Gasteiger partial charge in [-0.1, -0.05) is 18.2 Å². The highest BCUT2D eigenvalue weighted by molar-refractivity contribution is 7.18. The largest absolute Gasteiger partial charge is 0.490 e. The summed E-state index contributed by atoms with van der Waals surface area (Å²) in [6.45, 7) is 7.60. The van der Waals surface area contributed by atoms with E-state index in [9.17, 15) is 5.26 Å². The highest BCUT2D eigenvalue weighted by atomic mass is 32.1. The Hall–Kier alpha value is -2.72. The topological polar surface area (TPSA) is 58.4 Å². The maximum absolute atomic E-state index is 9.57. The summed E-state index contributed by atoms with van der Waals surface area (Å²) in [5.74, 6) is 0.623. The van der Waals surface area contributed by atoms with Crippen LogP contribution in [0.4, 0.5) is 0 Å². The first-order chi connectivity index (χ1) is 15.6.